The maximum Gasteiger partial charge on any atom is 0.409 e. The first-order chi connectivity index (χ1) is 16.5. The van der Waals surface area contributed by atoms with Gasteiger partial charge in [-0.15, -0.1) is 5.10 Å². The van der Waals surface area contributed by atoms with Crippen molar-refractivity contribution in [3.05, 3.63) is 41.2 Å². The molecular weight excluding hydrogens is 468 g/mol. The van der Waals surface area contributed by atoms with Gasteiger partial charge in [-0.3, -0.25) is 4.79 Å². The molecule has 2 heterocycles. The molecule has 0 aliphatic carbocycles. The molecule has 2 atom stereocenters. The van der Waals surface area contributed by atoms with Gasteiger partial charge in [-0.25, -0.2) is 18.3 Å². The average molecular weight is 498 g/mol. The van der Waals surface area contributed by atoms with E-state index in [-0.39, 0.29) is 44.3 Å². The molecule has 0 bridgehead atoms. The lowest BCUT2D eigenvalue weighted by Gasteiger charge is -2.24. The molecule has 0 spiro atoms. The number of rotatable bonds is 10. The summed E-state index contributed by atoms with van der Waals surface area (Å²) in [4.78, 5) is 26.0. The molecule has 4 N–H and O–H groups in total. The largest absolute Gasteiger partial charge is 0.447 e. The van der Waals surface area contributed by atoms with Gasteiger partial charge in [0.05, 0.1) is 31.4 Å². The van der Waals surface area contributed by atoms with Crippen LogP contribution in [0.4, 0.5) is 13.6 Å². The second-order valence-electron chi connectivity index (χ2n) is 8.76. The zero-order valence-corrected chi connectivity index (χ0v) is 19.5. The zero-order chi connectivity index (χ0) is 25.6. The van der Waals surface area contributed by atoms with Crippen molar-refractivity contribution in [1.82, 2.24) is 30.4 Å². The van der Waals surface area contributed by atoms with Gasteiger partial charge >= 0.3 is 6.09 Å². The zero-order valence-electron chi connectivity index (χ0n) is 19.5. The van der Waals surface area contributed by atoms with Gasteiger partial charge in [0, 0.05) is 24.7 Å². The van der Waals surface area contributed by atoms with Crippen LogP contribution in [0, 0.1) is 11.6 Å². The molecule has 0 saturated carbocycles. The number of amides is 2. The Hall–Kier alpha value is -3.23. The molecule has 1 saturated heterocycles. The Morgan fingerprint density at radius 1 is 1.37 bits per heavy atom. The minimum absolute atomic E-state index is 0.0613. The maximum absolute atomic E-state index is 13.9. The average Bonchev–Trinajstić information content (AvgIpc) is 3.42. The highest BCUT2D eigenvalue weighted by Crippen LogP contribution is 2.16. The lowest BCUT2D eigenvalue weighted by molar-refractivity contribution is -0.126. The molecule has 12 nitrogen and oxygen atoms in total. The number of aliphatic hydroxyl groups excluding tert-OH is 1. The van der Waals surface area contributed by atoms with E-state index in [9.17, 15) is 23.5 Å². The summed E-state index contributed by atoms with van der Waals surface area (Å²) in [5.41, 5.74) is 4.80. The molecule has 0 radical (unpaired) electrons. The number of hydrogen-bond acceptors (Lipinski definition) is 9. The highest BCUT2D eigenvalue weighted by atomic mass is 19.1. The van der Waals surface area contributed by atoms with Gasteiger partial charge in [-0.2, -0.15) is 0 Å². The van der Waals surface area contributed by atoms with E-state index < -0.39 is 41.3 Å². The van der Waals surface area contributed by atoms with Crippen LogP contribution < -0.4 is 11.1 Å². The Bertz CT molecular complexity index is 1030. The summed E-state index contributed by atoms with van der Waals surface area (Å²) in [7, 11) is 0. The van der Waals surface area contributed by atoms with E-state index in [1.807, 2.05) is 0 Å². The standard InChI is InChI=1S/C21H29F2N7O5/c1-21(2,24)19(32)25-17(12-34-11-13-3-4-14(22)9-16(13)23)18-26-27-28-30(18)7-8-35-20(33)29-6-5-15(31)10-29/h3-4,9,15,17,31H,5-8,10-12,24H2,1-2H3,(H,25,32). The number of aliphatic hydroxyl groups is 1. The van der Waals surface area contributed by atoms with E-state index >= 15 is 0 Å². The normalized spacial score (nSPS) is 16.9. The Morgan fingerprint density at radius 3 is 2.80 bits per heavy atom. The summed E-state index contributed by atoms with van der Waals surface area (Å²) in [6.45, 7) is 3.34. The number of likely N-dealkylation sites (tertiary alicyclic amines) is 1. The van der Waals surface area contributed by atoms with Gasteiger partial charge in [0.2, 0.25) is 5.91 Å². The van der Waals surface area contributed by atoms with Crippen LogP contribution in [0.15, 0.2) is 18.2 Å². The summed E-state index contributed by atoms with van der Waals surface area (Å²) in [5, 5.41) is 23.7. The van der Waals surface area contributed by atoms with E-state index in [0.717, 1.165) is 12.1 Å². The fourth-order valence-electron chi connectivity index (χ4n) is 3.29. The Labute approximate surface area is 200 Å². The third-order valence-electron chi connectivity index (χ3n) is 5.27. The predicted octanol–water partition coefficient (Wildman–Crippen LogP) is 0.266. The smallest absolute Gasteiger partial charge is 0.409 e. The fraction of sp³-hybridized carbons (Fsp3) is 0.571. The monoisotopic (exact) mass is 497 g/mol. The number of ether oxygens (including phenoxy) is 2. The number of aromatic nitrogens is 4. The summed E-state index contributed by atoms with van der Waals surface area (Å²) >= 11 is 0. The Balaban J connectivity index is 1.64. The van der Waals surface area contributed by atoms with Crippen LogP contribution in [0.2, 0.25) is 0 Å². The molecule has 14 heteroatoms. The second-order valence-corrected chi connectivity index (χ2v) is 8.76. The molecule has 1 aliphatic rings. The summed E-state index contributed by atoms with van der Waals surface area (Å²) in [6, 6.07) is 2.26. The maximum atomic E-state index is 13.9. The molecule has 2 amide bonds. The number of β-amino-alcohol motifs (C(OH)–C–C–N with tert-alkyl or cyclic N) is 1. The molecule has 1 aromatic carbocycles. The molecule has 2 unspecified atom stereocenters. The number of nitrogens with two attached hydrogens (primary N) is 1. The molecule has 35 heavy (non-hydrogen) atoms. The van der Waals surface area contributed by atoms with Crippen LogP contribution in [0.5, 0.6) is 0 Å². The number of nitrogens with zero attached hydrogens (tertiary/aromatic N) is 5. The van der Waals surface area contributed by atoms with Gasteiger partial charge in [0.1, 0.15) is 24.3 Å². The molecule has 1 aromatic heterocycles. The Morgan fingerprint density at radius 2 is 2.14 bits per heavy atom. The molecular formula is C21H29F2N7O5. The van der Waals surface area contributed by atoms with Crippen molar-refractivity contribution >= 4 is 12.0 Å². The van der Waals surface area contributed by atoms with E-state index in [0.29, 0.717) is 13.0 Å². The molecule has 192 valence electrons. The van der Waals surface area contributed by atoms with Crippen LogP contribution in [-0.4, -0.2) is 80.2 Å². The minimum atomic E-state index is -1.21. The quantitative estimate of drug-likeness (QED) is 0.419. The SMILES string of the molecule is CC(C)(N)C(=O)NC(COCc1ccc(F)cc1F)c1nnnn1CCOC(=O)N1CCC(O)C1. The lowest BCUT2D eigenvalue weighted by atomic mass is 10.1. The van der Waals surface area contributed by atoms with Crippen molar-refractivity contribution in [2.75, 3.05) is 26.3 Å². The first-order valence-corrected chi connectivity index (χ1v) is 11.0. The highest BCUT2D eigenvalue weighted by Gasteiger charge is 2.29. The molecule has 1 aliphatic heterocycles. The van der Waals surface area contributed by atoms with Crippen molar-refractivity contribution in [3.8, 4) is 0 Å². The number of nitrogens with one attached hydrogen (secondary N) is 1. The Kier molecular flexibility index (Phi) is 8.64. The lowest BCUT2D eigenvalue weighted by Crippen LogP contribution is -2.51. The van der Waals surface area contributed by atoms with E-state index in [1.54, 1.807) is 0 Å². The number of carbonyl (C=O) groups is 2. The van der Waals surface area contributed by atoms with E-state index in [4.69, 9.17) is 15.2 Å². The van der Waals surface area contributed by atoms with Crippen LogP contribution >= 0.6 is 0 Å². The van der Waals surface area contributed by atoms with Crippen LogP contribution in [0.1, 0.15) is 37.7 Å². The van der Waals surface area contributed by atoms with E-state index in [2.05, 4.69) is 20.8 Å². The summed E-state index contributed by atoms with van der Waals surface area (Å²) < 4.78 is 39.2. The van der Waals surface area contributed by atoms with Gasteiger partial charge in [0.15, 0.2) is 5.82 Å². The highest BCUT2D eigenvalue weighted by molar-refractivity contribution is 5.85. The van der Waals surface area contributed by atoms with Crippen molar-refractivity contribution in [2.24, 2.45) is 5.73 Å². The summed E-state index contributed by atoms with van der Waals surface area (Å²) in [5.74, 6) is -1.77. The first-order valence-electron chi connectivity index (χ1n) is 11.0. The third kappa shape index (κ3) is 7.37. The number of carbonyl (C=O) groups excluding carboxylic acids is 2. The number of benzene rings is 1. The van der Waals surface area contributed by atoms with Crippen molar-refractivity contribution in [2.45, 2.75) is 51.1 Å². The third-order valence-corrected chi connectivity index (χ3v) is 5.27. The number of halogens is 2. The second kappa shape index (κ2) is 11.5. The molecule has 3 rings (SSSR count). The van der Waals surface area contributed by atoms with Crippen LogP contribution in [0.25, 0.3) is 0 Å². The van der Waals surface area contributed by atoms with Crippen LogP contribution in [0.3, 0.4) is 0 Å². The number of tetrazole rings is 1. The fourth-order valence-corrected chi connectivity index (χ4v) is 3.29. The molecule has 2 aromatic rings. The van der Waals surface area contributed by atoms with Crippen LogP contribution in [-0.2, 0) is 27.4 Å². The summed E-state index contributed by atoms with van der Waals surface area (Å²) in [6.07, 6.45) is -0.629. The van der Waals surface area contributed by atoms with Crippen molar-refractivity contribution < 1.29 is 33.0 Å². The van der Waals surface area contributed by atoms with Gasteiger partial charge in [-0.1, -0.05) is 6.07 Å². The minimum Gasteiger partial charge on any atom is -0.447 e. The van der Waals surface area contributed by atoms with Crippen molar-refractivity contribution in [1.29, 1.82) is 0 Å². The first kappa shape index (κ1) is 26.4. The van der Waals surface area contributed by atoms with Crippen molar-refractivity contribution in [3.63, 3.8) is 0 Å². The predicted molar refractivity (Wildman–Crippen MR) is 117 cm³/mol. The topological polar surface area (TPSA) is 158 Å². The van der Waals surface area contributed by atoms with Gasteiger partial charge in [-0.05, 0) is 36.8 Å². The number of hydrogen-bond donors (Lipinski definition) is 3. The van der Waals surface area contributed by atoms with Gasteiger partial charge in [0.25, 0.3) is 0 Å². The van der Waals surface area contributed by atoms with Gasteiger partial charge < -0.3 is 30.5 Å². The van der Waals surface area contributed by atoms with E-state index in [1.165, 1.54) is 29.5 Å². The molecule has 1 fully saturated rings.